The number of pyridine rings is 1. The Kier molecular flexibility index (Phi) is 3.93. The molecule has 1 aliphatic heterocycles. The molecule has 4 rings (SSSR count). The minimum atomic E-state index is -0.209. The van der Waals surface area contributed by atoms with Crippen molar-refractivity contribution in [2.45, 2.75) is 19.9 Å². The Hall–Kier alpha value is -2.80. The van der Waals surface area contributed by atoms with Crippen LogP contribution in [0, 0.1) is 0 Å². The summed E-state index contributed by atoms with van der Waals surface area (Å²) in [4.78, 5) is 34.7. The third-order valence-corrected chi connectivity index (χ3v) is 5.30. The summed E-state index contributed by atoms with van der Waals surface area (Å²) in [6, 6.07) is 7.77. The number of hydrogen-bond donors (Lipinski definition) is 1. The summed E-state index contributed by atoms with van der Waals surface area (Å²) in [5.41, 5.74) is 3.32. The summed E-state index contributed by atoms with van der Waals surface area (Å²) in [6.07, 6.45) is 3.98. The number of aromatic nitrogens is 2. The highest BCUT2D eigenvalue weighted by Crippen LogP contribution is 2.27. The van der Waals surface area contributed by atoms with Crippen LogP contribution < -0.4 is 5.32 Å². The number of fused-ring (bicyclic) bond motifs is 2. The minimum absolute atomic E-state index is 0.0370. The number of rotatable bonds is 2. The first-order valence-electron chi connectivity index (χ1n) is 8.00. The second-order valence-corrected chi connectivity index (χ2v) is 6.99. The van der Waals surface area contributed by atoms with Gasteiger partial charge >= 0.3 is 0 Å². The van der Waals surface area contributed by atoms with Gasteiger partial charge in [0.25, 0.3) is 5.91 Å². The molecule has 2 amide bonds. The molecule has 1 aliphatic rings. The van der Waals surface area contributed by atoms with Crippen LogP contribution in [0.15, 0.2) is 36.7 Å². The zero-order valence-corrected chi connectivity index (χ0v) is 14.5. The fourth-order valence-corrected chi connectivity index (χ4v) is 3.91. The van der Waals surface area contributed by atoms with E-state index in [2.05, 4.69) is 15.3 Å². The van der Waals surface area contributed by atoms with Crippen LogP contribution in [-0.4, -0.2) is 33.2 Å². The van der Waals surface area contributed by atoms with Crippen molar-refractivity contribution in [2.75, 3.05) is 11.9 Å². The maximum atomic E-state index is 12.7. The molecule has 1 N–H and O–H groups in total. The summed E-state index contributed by atoms with van der Waals surface area (Å²) in [5.74, 6) is -0.172. The highest BCUT2D eigenvalue weighted by Gasteiger charge is 2.23. The number of amides is 2. The van der Waals surface area contributed by atoms with Crippen molar-refractivity contribution in [3.05, 3.63) is 53.3 Å². The van der Waals surface area contributed by atoms with Gasteiger partial charge in [0.05, 0.1) is 15.8 Å². The van der Waals surface area contributed by atoms with Crippen molar-refractivity contribution in [1.82, 2.24) is 14.9 Å². The smallest absolute Gasteiger partial charge is 0.259 e. The number of nitrogens with zero attached hydrogens (tertiary/aromatic N) is 3. The normalized spacial score (nSPS) is 13.6. The largest absolute Gasteiger partial charge is 0.338 e. The molecule has 3 heterocycles. The minimum Gasteiger partial charge on any atom is -0.338 e. The van der Waals surface area contributed by atoms with E-state index in [1.165, 1.54) is 11.3 Å². The Morgan fingerprint density at radius 1 is 1.24 bits per heavy atom. The lowest BCUT2D eigenvalue weighted by atomic mass is 9.96. The third-order valence-electron chi connectivity index (χ3n) is 4.34. The monoisotopic (exact) mass is 352 g/mol. The molecule has 3 aromatic rings. The van der Waals surface area contributed by atoms with Crippen LogP contribution >= 0.6 is 11.3 Å². The molecule has 126 valence electrons. The van der Waals surface area contributed by atoms with Crippen LogP contribution in [0.3, 0.4) is 0 Å². The molecule has 0 aliphatic carbocycles. The molecule has 1 aromatic carbocycles. The number of carbonyl (C=O) groups excluding carboxylic acids is 2. The highest BCUT2D eigenvalue weighted by atomic mass is 32.1. The number of benzene rings is 1. The number of nitrogens with one attached hydrogen (secondary N) is 1. The van der Waals surface area contributed by atoms with E-state index in [0.717, 1.165) is 21.3 Å². The number of thiazole rings is 1. The summed E-state index contributed by atoms with van der Waals surface area (Å²) in [5, 5.41) is 3.45. The van der Waals surface area contributed by atoms with Crippen LogP contribution in [0.4, 0.5) is 5.13 Å². The van der Waals surface area contributed by atoms with Gasteiger partial charge in [-0.3, -0.25) is 19.9 Å². The van der Waals surface area contributed by atoms with Crippen molar-refractivity contribution >= 4 is 38.5 Å². The van der Waals surface area contributed by atoms with Crippen molar-refractivity contribution in [2.24, 2.45) is 0 Å². The fraction of sp³-hybridized carbons (Fsp3) is 0.222. The van der Waals surface area contributed by atoms with Gasteiger partial charge in [-0.15, -0.1) is 0 Å². The molecule has 0 saturated heterocycles. The molecular formula is C18H16N4O2S. The van der Waals surface area contributed by atoms with E-state index < -0.39 is 0 Å². The topological polar surface area (TPSA) is 75.2 Å². The van der Waals surface area contributed by atoms with Crippen molar-refractivity contribution in [3.8, 4) is 0 Å². The average Bonchev–Trinajstić information content (AvgIpc) is 3.02. The number of carbonyl (C=O) groups is 2. The lowest BCUT2D eigenvalue weighted by Gasteiger charge is -2.28. The van der Waals surface area contributed by atoms with Crippen molar-refractivity contribution < 1.29 is 9.59 Å². The van der Waals surface area contributed by atoms with E-state index in [9.17, 15) is 9.59 Å². The summed E-state index contributed by atoms with van der Waals surface area (Å²) in [6.45, 7) is 2.68. The lowest BCUT2D eigenvalue weighted by Crippen LogP contribution is -2.35. The quantitative estimate of drug-likeness (QED) is 0.769. The highest BCUT2D eigenvalue weighted by molar-refractivity contribution is 7.22. The van der Waals surface area contributed by atoms with Gasteiger partial charge in [-0.25, -0.2) is 4.98 Å². The van der Waals surface area contributed by atoms with E-state index in [0.29, 0.717) is 30.2 Å². The zero-order valence-electron chi connectivity index (χ0n) is 13.7. The van der Waals surface area contributed by atoms with E-state index in [-0.39, 0.29) is 11.8 Å². The standard InChI is InChI=1S/C18H16N4O2S/c1-11(23)22-7-6-13-12(10-22)8-19-9-14(13)17(24)21-18-20-15-4-2-3-5-16(15)25-18/h2-5,8-9H,6-7,10H2,1H3,(H,20,21,24). The second kappa shape index (κ2) is 6.25. The molecule has 25 heavy (non-hydrogen) atoms. The average molecular weight is 352 g/mol. The molecule has 0 spiro atoms. The molecule has 7 heteroatoms. The predicted octanol–water partition coefficient (Wildman–Crippen LogP) is 2.85. The molecular weight excluding hydrogens is 336 g/mol. The van der Waals surface area contributed by atoms with Gasteiger partial charge in [0.1, 0.15) is 0 Å². The first kappa shape index (κ1) is 15.7. The molecule has 2 aromatic heterocycles. The Bertz CT molecular complexity index is 949. The summed E-state index contributed by atoms with van der Waals surface area (Å²) < 4.78 is 1.03. The Morgan fingerprint density at radius 3 is 2.88 bits per heavy atom. The van der Waals surface area contributed by atoms with Crippen molar-refractivity contribution in [1.29, 1.82) is 0 Å². The molecule has 0 unspecified atom stereocenters. The number of para-hydroxylation sites is 1. The molecule has 0 radical (unpaired) electrons. The maximum absolute atomic E-state index is 12.7. The number of anilines is 1. The fourth-order valence-electron chi connectivity index (χ4n) is 3.05. The first-order valence-corrected chi connectivity index (χ1v) is 8.81. The molecule has 0 bridgehead atoms. The number of hydrogen-bond acceptors (Lipinski definition) is 5. The van der Waals surface area contributed by atoms with Crippen LogP contribution in [0.25, 0.3) is 10.2 Å². The van der Waals surface area contributed by atoms with Crippen LogP contribution in [0.2, 0.25) is 0 Å². The van der Waals surface area contributed by atoms with E-state index in [4.69, 9.17) is 0 Å². The molecule has 6 nitrogen and oxygen atoms in total. The second-order valence-electron chi connectivity index (χ2n) is 5.96. The van der Waals surface area contributed by atoms with Crippen LogP contribution in [0.1, 0.15) is 28.4 Å². The summed E-state index contributed by atoms with van der Waals surface area (Å²) >= 11 is 1.45. The summed E-state index contributed by atoms with van der Waals surface area (Å²) in [7, 11) is 0. The van der Waals surface area contributed by atoms with Gasteiger partial charge in [-0.2, -0.15) is 0 Å². The van der Waals surface area contributed by atoms with Crippen molar-refractivity contribution in [3.63, 3.8) is 0 Å². The Balaban J connectivity index is 1.60. The van der Waals surface area contributed by atoms with Crippen LogP contribution in [-0.2, 0) is 17.8 Å². The van der Waals surface area contributed by atoms with Gasteiger partial charge in [0.15, 0.2) is 5.13 Å². The first-order chi connectivity index (χ1) is 12.1. The van der Waals surface area contributed by atoms with Gasteiger partial charge in [-0.1, -0.05) is 23.5 Å². The SMILES string of the molecule is CC(=O)N1CCc2c(cncc2C(=O)Nc2nc3ccccc3s2)C1. The Labute approximate surface area is 148 Å². The van der Waals surface area contributed by atoms with Gasteiger partial charge in [0.2, 0.25) is 5.91 Å². The van der Waals surface area contributed by atoms with Gasteiger partial charge in [0, 0.05) is 32.4 Å². The van der Waals surface area contributed by atoms with E-state index in [1.807, 2.05) is 24.3 Å². The van der Waals surface area contributed by atoms with E-state index in [1.54, 1.807) is 24.2 Å². The zero-order chi connectivity index (χ0) is 17.4. The van der Waals surface area contributed by atoms with Gasteiger partial charge < -0.3 is 4.90 Å². The van der Waals surface area contributed by atoms with Gasteiger partial charge in [-0.05, 0) is 29.7 Å². The maximum Gasteiger partial charge on any atom is 0.259 e. The molecule has 0 fully saturated rings. The Morgan fingerprint density at radius 2 is 2.08 bits per heavy atom. The predicted molar refractivity (Wildman–Crippen MR) is 96.6 cm³/mol. The lowest BCUT2D eigenvalue weighted by molar-refractivity contribution is -0.129. The molecule has 0 atom stereocenters. The van der Waals surface area contributed by atoms with Crippen LogP contribution in [0.5, 0.6) is 0 Å². The van der Waals surface area contributed by atoms with E-state index >= 15 is 0 Å². The third kappa shape index (κ3) is 2.98. The molecule has 0 saturated carbocycles.